The van der Waals surface area contributed by atoms with Crippen LogP contribution in [0.5, 0.6) is 0 Å². The van der Waals surface area contributed by atoms with Gasteiger partial charge in [-0.25, -0.2) is 4.68 Å². The molecular weight excluding hydrogens is 260 g/mol. The molecule has 5 heteroatoms. The van der Waals surface area contributed by atoms with E-state index in [4.69, 9.17) is 11.6 Å². The third kappa shape index (κ3) is 2.80. The van der Waals surface area contributed by atoms with E-state index in [-0.39, 0.29) is 6.04 Å². The van der Waals surface area contributed by atoms with Crippen molar-refractivity contribution in [1.82, 2.24) is 20.1 Å². The van der Waals surface area contributed by atoms with Crippen molar-refractivity contribution in [3.63, 3.8) is 0 Å². The van der Waals surface area contributed by atoms with Crippen LogP contribution in [0, 0.1) is 13.8 Å². The summed E-state index contributed by atoms with van der Waals surface area (Å²) in [5, 5.41) is 8.47. The average molecular weight is 279 g/mol. The molecule has 0 aliphatic heterocycles. The molecule has 2 aromatic rings. The fraction of sp³-hybridized carbons (Fsp3) is 0.429. The fourth-order valence-electron chi connectivity index (χ4n) is 2.06. The number of aromatic nitrogens is 3. The molecule has 4 nitrogen and oxygen atoms in total. The van der Waals surface area contributed by atoms with Crippen LogP contribution in [0.1, 0.15) is 37.0 Å². The number of nitrogens with zero attached hydrogens (tertiary/aromatic N) is 3. The lowest BCUT2D eigenvalue weighted by atomic mass is 10.2. The number of hydrogen-bond acceptors (Lipinski definition) is 3. The maximum atomic E-state index is 6.16. The Labute approximate surface area is 118 Å². The topological polar surface area (TPSA) is 42.7 Å². The van der Waals surface area contributed by atoms with Gasteiger partial charge in [-0.2, -0.15) is 5.10 Å². The van der Waals surface area contributed by atoms with Crippen molar-refractivity contribution >= 4 is 11.6 Å². The van der Waals surface area contributed by atoms with E-state index in [1.165, 1.54) is 0 Å². The van der Waals surface area contributed by atoms with E-state index in [0.29, 0.717) is 5.02 Å². The highest BCUT2D eigenvalue weighted by Gasteiger charge is 2.11. The summed E-state index contributed by atoms with van der Waals surface area (Å²) in [5.41, 5.74) is 3.73. The van der Waals surface area contributed by atoms with Crippen LogP contribution in [-0.4, -0.2) is 21.3 Å². The van der Waals surface area contributed by atoms with Crippen LogP contribution < -0.4 is 5.32 Å². The van der Waals surface area contributed by atoms with Crippen molar-refractivity contribution < 1.29 is 0 Å². The van der Waals surface area contributed by atoms with Crippen LogP contribution in [0.3, 0.4) is 0 Å². The van der Waals surface area contributed by atoms with Crippen LogP contribution in [0.2, 0.25) is 5.02 Å². The Morgan fingerprint density at radius 2 is 2.11 bits per heavy atom. The van der Waals surface area contributed by atoms with Crippen LogP contribution in [0.25, 0.3) is 5.69 Å². The molecule has 0 aliphatic rings. The molecule has 0 fully saturated rings. The van der Waals surface area contributed by atoms with Gasteiger partial charge in [0.15, 0.2) is 0 Å². The Balaban J connectivity index is 2.30. The summed E-state index contributed by atoms with van der Waals surface area (Å²) in [6, 6.07) is 4.29. The minimum absolute atomic E-state index is 0.253. The van der Waals surface area contributed by atoms with Gasteiger partial charge in [-0.1, -0.05) is 18.5 Å². The van der Waals surface area contributed by atoms with E-state index in [1.54, 1.807) is 0 Å². The molecule has 1 N–H and O–H groups in total. The minimum Gasteiger partial charge on any atom is -0.309 e. The molecule has 0 radical (unpaired) electrons. The van der Waals surface area contributed by atoms with Gasteiger partial charge in [0.05, 0.1) is 34.0 Å². The Hall–Kier alpha value is -1.39. The summed E-state index contributed by atoms with van der Waals surface area (Å²) >= 11 is 6.16. The molecule has 0 saturated carbocycles. The third-order valence-electron chi connectivity index (χ3n) is 3.17. The largest absolute Gasteiger partial charge is 0.309 e. The van der Waals surface area contributed by atoms with Gasteiger partial charge in [0.1, 0.15) is 0 Å². The van der Waals surface area contributed by atoms with Gasteiger partial charge in [-0.3, -0.25) is 4.98 Å². The standard InChI is InChI=1S/C14H19ClN4/c1-5-16-9(2)13-7-6-12(8-17-13)19-11(4)14(15)10(3)18-19/h6-9,16H,5H2,1-4H3. The molecule has 0 spiro atoms. The molecule has 0 amide bonds. The summed E-state index contributed by atoms with van der Waals surface area (Å²) in [4.78, 5) is 4.49. The molecule has 2 rings (SSSR count). The predicted molar refractivity (Wildman–Crippen MR) is 77.9 cm³/mol. The number of hydrogen-bond donors (Lipinski definition) is 1. The number of pyridine rings is 1. The van der Waals surface area contributed by atoms with Crippen LogP contribution in [0.4, 0.5) is 0 Å². The summed E-state index contributed by atoms with van der Waals surface area (Å²) in [5.74, 6) is 0. The first-order valence-corrected chi connectivity index (χ1v) is 6.83. The Bertz CT molecular complexity index is 560. The number of aryl methyl sites for hydroxylation is 1. The van der Waals surface area contributed by atoms with E-state index in [2.05, 4.69) is 29.2 Å². The predicted octanol–water partition coefficient (Wildman–Crippen LogP) is 3.21. The lowest BCUT2D eigenvalue weighted by Gasteiger charge is -2.12. The number of halogens is 1. The van der Waals surface area contributed by atoms with Crippen molar-refractivity contribution in [1.29, 1.82) is 0 Å². The molecule has 2 aromatic heterocycles. The highest BCUT2D eigenvalue weighted by Crippen LogP contribution is 2.22. The van der Waals surface area contributed by atoms with Crippen LogP contribution in [0.15, 0.2) is 18.3 Å². The van der Waals surface area contributed by atoms with Gasteiger partial charge in [0.25, 0.3) is 0 Å². The number of rotatable bonds is 4. The van der Waals surface area contributed by atoms with Gasteiger partial charge in [0.2, 0.25) is 0 Å². The molecule has 0 saturated heterocycles. The lowest BCUT2D eigenvalue weighted by Crippen LogP contribution is -2.18. The molecule has 1 atom stereocenters. The lowest BCUT2D eigenvalue weighted by molar-refractivity contribution is 0.583. The van der Waals surface area contributed by atoms with E-state index >= 15 is 0 Å². The molecule has 0 bridgehead atoms. The highest BCUT2D eigenvalue weighted by molar-refractivity contribution is 6.31. The zero-order chi connectivity index (χ0) is 14.0. The summed E-state index contributed by atoms with van der Waals surface area (Å²) in [6.07, 6.45) is 1.83. The van der Waals surface area contributed by atoms with Gasteiger partial charge < -0.3 is 5.32 Å². The van der Waals surface area contributed by atoms with Gasteiger partial charge in [0, 0.05) is 6.04 Å². The first kappa shape index (κ1) is 14.0. The monoisotopic (exact) mass is 278 g/mol. The zero-order valence-electron chi connectivity index (χ0n) is 11.7. The van der Waals surface area contributed by atoms with Crippen molar-refractivity contribution in [3.05, 3.63) is 40.4 Å². The zero-order valence-corrected chi connectivity index (χ0v) is 12.5. The molecule has 0 aliphatic carbocycles. The Morgan fingerprint density at radius 1 is 1.37 bits per heavy atom. The van der Waals surface area contributed by atoms with E-state index < -0.39 is 0 Å². The van der Waals surface area contributed by atoms with E-state index in [0.717, 1.165) is 29.3 Å². The molecule has 0 aromatic carbocycles. The van der Waals surface area contributed by atoms with Crippen LogP contribution in [-0.2, 0) is 0 Å². The van der Waals surface area contributed by atoms with E-state index in [9.17, 15) is 0 Å². The average Bonchev–Trinajstić information content (AvgIpc) is 2.67. The van der Waals surface area contributed by atoms with Crippen molar-refractivity contribution in [2.75, 3.05) is 6.54 Å². The van der Waals surface area contributed by atoms with E-state index in [1.807, 2.05) is 36.9 Å². The molecule has 2 heterocycles. The maximum absolute atomic E-state index is 6.16. The highest BCUT2D eigenvalue weighted by atomic mass is 35.5. The Kier molecular flexibility index (Phi) is 4.22. The van der Waals surface area contributed by atoms with Gasteiger partial charge >= 0.3 is 0 Å². The third-order valence-corrected chi connectivity index (χ3v) is 3.72. The maximum Gasteiger partial charge on any atom is 0.0848 e. The molecule has 1 unspecified atom stereocenters. The number of nitrogens with one attached hydrogen (secondary N) is 1. The summed E-state index contributed by atoms with van der Waals surface area (Å²) < 4.78 is 1.83. The quantitative estimate of drug-likeness (QED) is 0.934. The van der Waals surface area contributed by atoms with Crippen molar-refractivity contribution in [3.8, 4) is 5.69 Å². The Morgan fingerprint density at radius 3 is 2.58 bits per heavy atom. The SMILES string of the molecule is CCNC(C)c1ccc(-n2nc(C)c(Cl)c2C)cn1. The van der Waals surface area contributed by atoms with Gasteiger partial charge in [-0.15, -0.1) is 0 Å². The first-order valence-electron chi connectivity index (χ1n) is 6.46. The fourth-order valence-corrected chi connectivity index (χ4v) is 2.18. The van der Waals surface area contributed by atoms with Crippen molar-refractivity contribution in [2.24, 2.45) is 0 Å². The second-order valence-electron chi connectivity index (χ2n) is 4.62. The smallest absolute Gasteiger partial charge is 0.0848 e. The summed E-state index contributed by atoms with van der Waals surface area (Å²) in [6.45, 7) is 8.98. The first-order chi connectivity index (χ1) is 9.04. The second kappa shape index (κ2) is 5.72. The van der Waals surface area contributed by atoms with Gasteiger partial charge in [-0.05, 0) is 39.4 Å². The summed E-state index contributed by atoms with van der Waals surface area (Å²) in [7, 11) is 0. The molecular formula is C14H19ClN4. The normalized spacial score (nSPS) is 12.7. The van der Waals surface area contributed by atoms with Crippen molar-refractivity contribution in [2.45, 2.75) is 33.7 Å². The van der Waals surface area contributed by atoms with Crippen LogP contribution >= 0.6 is 11.6 Å². The molecule has 19 heavy (non-hydrogen) atoms. The molecule has 102 valence electrons. The minimum atomic E-state index is 0.253. The second-order valence-corrected chi connectivity index (χ2v) is 5.00.